The van der Waals surface area contributed by atoms with Crippen molar-refractivity contribution in [2.45, 2.75) is 39.3 Å². The molecule has 3 amide bonds. The van der Waals surface area contributed by atoms with Gasteiger partial charge in [0.2, 0.25) is 0 Å². The first-order valence-corrected chi connectivity index (χ1v) is 8.34. The smallest absolute Gasteiger partial charge is 0.408 e. The van der Waals surface area contributed by atoms with Crippen molar-refractivity contribution in [3.05, 3.63) is 36.3 Å². The number of aromatic amines is 1. The van der Waals surface area contributed by atoms with E-state index < -0.39 is 23.6 Å². The fourth-order valence-electron chi connectivity index (χ4n) is 2.13. The molecule has 0 aromatic carbocycles. The van der Waals surface area contributed by atoms with Gasteiger partial charge in [-0.05, 0) is 39.8 Å². The Hall–Kier alpha value is -3.30. The van der Waals surface area contributed by atoms with Crippen LogP contribution < -0.4 is 15.6 Å². The fourth-order valence-corrected chi connectivity index (χ4v) is 2.13. The summed E-state index contributed by atoms with van der Waals surface area (Å²) in [6.07, 6.45) is 2.43. The molecule has 10 heteroatoms. The molecule has 1 atom stereocenters. The van der Waals surface area contributed by atoms with Gasteiger partial charge in [-0.3, -0.25) is 29.7 Å². The molecule has 2 aromatic rings. The Morgan fingerprint density at radius 2 is 2.00 bits per heavy atom. The number of ether oxygens (including phenoxy) is 1. The number of nitrogens with one attached hydrogen (secondary N) is 3. The number of rotatable bonds is 5. The molecule has 0 radical (unpaired) electrons. The van der Waals surface area contributed by atoms with Crippen LogP contribution in [0.3, 0.4) is 0 Å². The zero-order valence-electron chi connectivity index (χ0n) is 15.9. The predicted octanol–water partition coefficient (Wildman–Crippen LogP) is 1.47. The maximum Gasteiger partial charge on any atom is 0.408 e. The number of hydrogen-bond acceptors (Lipinski definition) is 5. The Morgan fingerprint density at radius 3 is 2.59 bits per heavy atom. The molecule has 0 spiro atoms. The Labute approximate surface area is 156 Å². The predicted molar refractivity (Wildman–Crippen MR) is 99.0 cm³/mol. The number of aromatic nitrogens is 3. The van der Waals surface area contributed by atoms with Gasteiger partial charge >= 0.3 is 6.09 Å². The number of carbonyl (C=O) groups is 3. The van der Waals surface area contributed by atoms with Gasteiger partial charge in [-0.1, -0.05) is 0 Å². The van der Waals surface area contributed by atoms with E-state index in [0.717, 1.165) is 0 Å². The summed E-state index contributed by atoms with van der Waals surface area (Å²) in [5.74, 6) is -0.423. The Bertz CT molecular complexity index is 806. The monoisotopic (exact) mass is 376 g/mol. The first-order chi connectivity index (χ1) is 12.6. The van der Waals surface area contributed by atoms with E-state index in [1.165, 1.54) is 22.7 Å². The number of amides is 3. The standard InChI is InChI=1S/C17H24N6O4/c1-11(19-16(26)27-17(2,3)4)14(24)21-23-10-6-7-12(23)15(25)22(5)13-8-9-18-20-13/h6-11H,1-5H3,(H,18,20)(H,19,26)(H,21,24). The van der Waals surface area contributed by atoms with Crippen LogP contribution in [0, 0.1) is 0 Å². The van der Waals surface area contributed by atoms with Crippen LogP contribution in [0.15, 0.2) is 30.6 Å². The molecule has 1 unspecified atom stereocenters. The Kier molecular flexibility index (Phi) is 5.88. The lowest BCUT2D eigenvalue weighted by molar-refractivity contribution is -0.118. The summed E-state index contributed by atoms with van der Waals surface area (Å²) >= 11 is 0. The van der Waals surface area contributed by atoms with Crippen molar-refractivity contribution in [2.75, 3.05) is 17.4 Å². The molecule has 3 N–H and O–H groups in total. The summed E-state index contributed by atoms with van der Waals surface area (Å²) < 4.78 is 6.41. The van der Waals surface area contributed by atoms with E-state index in [4.69, 9.17) is 4.74 Å². The molecule has 0 bridgehead atoms. The molecule has 27 heavy (non-hydrogen) atoms. The second-order valence-corrected chi connectivity index (χ2v) is 6.90. The van der Waals surface area contributed by atoms with Crippen LogP contribution in [-0.2, 0) is 9.53 Å². The quantitative estimate of drug-likeness (QED) is 0.730. The van der Waals surface area contributed by atoms with E-state index >= 15 is 0 Å². The highest BCUT2D eigenvalue weighted by Crippen LogP contribution is 2.12. The molecule has 146 valence electrons. The minimum absolute atomic E-state index is 0.235. The van der Waals surface area contributed by atoms with E-state index in [2.05, 4.69) is 20.9 Å². The minimum Gasteiger partial charge on any atom is -0.444 e. The highest BCUT2D eigenvalue weighted by molar-refractivity contribution is 6.04. The second-order valence-electron chi connectivity index (χ2n) is 6.90. The molecule has 0 aliphatic rings. The number of carbonyl (C=O) groups excluding carboxylic acids is 3. The third-order valence-electron chi connectivity index (χ3n) is 3.46. The highest BCUT2D eigenvalue weighted by Gasteiger charge is 2.23. The molecular formula is C17H24N6O4. The van der Waals surface area contributed by atoms with Crippen LogP contribution in [-0.4, -0.2) is 51.5 Å². The largest absolute Gasteiger partial charge is 0.444 e. The average Bonchev–Trinajstić information content (AvgIpc) is 3.23. The molecule has 0 fully saturated rings. The van der Waals surface area contributed by atoms with Crippen LogP contribution in [0.4, 0.5) is 10.6 Å². The zero-order chi connectivity index (χ0) is 20.2. The topological polar surface area (TPSA) is 121 Å². The molecule has 2 rings (SSSR count). The Morgan fingerprint density at radius 1 is 1.30 bits per heavy atom. The maximum atomic E-state index is 12.6. The Balaban J connectivity index is 2.02. The summed E-state index contributed by atoms with van der Waals surface area (Å²) in [6, 6.07) is 3.97. The first-order valence-electron chi connectivity index (χ1n) is 8.34. The molecule has 0 saturated heterocycles. The van der Waals surface area contributed by atoms with E-state index in [1.807, 2.05) is 0 Å². The van der Waals surface area contributed by atoms with Gasteiger partial charge in [0.05, 0.1) is 0 Å². The number of anilines is 1. The average molecular weight is 376 g/mol. The van der Waals surface area contributed by atoms with Crippen LogP contribution in [0.1, 0.15) is 38.2 Å². The summed E-state index contributed by atoms with van der Waals surface area (Å²) in [5, 5.41) is 9.03. The SMILES string of the molecule is CC(NC(=O)OC(C)(C)C)C(=O)Nn1cccc1C(=O)N(C)c1cc[nH]n1. The van der Waals surface area contributed by atoms with Crippen LogP contribution in [0.5, 0.6) is 0 Å². The third kappa shape index (κ3) is 5.33. The fraction of sp³-hybridized carbons (Fsp3) is 0.412. The lowest BCUT2D eigenvalue weighted by Gasteiger charge is -2.22. The third-order valence-corrected chi connectivity index (χ3v) is 3.46. The maximum absolute atomic E-state index is 12.6. The van der Waals surface area contributed by atoms with Crippen molar-refractivity contribution in [3.63, 3.8) is 0 Å². The van der Waals surface area contributed by atoms with Crippen molar-refractivity contribution < 1.29 is 19.1 Å². The van der Waals surface area contributed by atoms with Gasteiger partial charge in [0.15, 0.2) is 5.82 Å². The van der Waals surface area contributed by atoms with Gasteiger partial charge in [0, 0.05) is 25.5 Å². The van der Waals surface area contributed by atoms with Crippen LogP contribution >= 0.6 is 0 Å². The van der Waals surface area contributed by atoms with E-state index in [1.54, 1.807) is 52.2 Å². The highest BCUT2D eigenvalue weighted by atomic mass is 16.6. The summed E-state index contributed by atoms with van der Waals surface area (Å²) in [5.41, 5.74) is 2.14. The number of nitrogens with zero attached hydrogens (tertiary/aromatic N) is 3. The molecule has 10 nitrogen and oxygen atoms in total. The summed E-state index contributed by atoms with van der Waals surface area (Å²) in [4.78, 5) is 38.1. The van der Waals surface area contributed by atoms with Crippen molar-refractivity contribution in [3.8, 4) is 0 Å². The summed E-state index contributed by atoms with van der Waals surface area (Å²) in [7, 11) is 1.57. The van der Waals surface area contributed by atoms with Gasteiger partial charge in [-0.25, -0.2) is 4.79 Å². The van der Waals surface area contributed by atoms with Crippen molar-refractivity contribution in [2.24, 2.45) is 0 Å². The number of hydrogen-bond donors (Lipinski definition) is 3. The normalized spacial score (nSPS) is 12.2. The lowest BCUT2D eigenvalue weighted by atomic mass is 10.2. The van der Waals surface area contributed by atoms with Gasteiger partial charge < -0.3 is 10.1 Å². The van der Waals surface area contributed by atoms with E-state index in [-0.39, 0.29) is 11.6 Å². The van der Waals surface area contributed by atoms with Crippen molar-refractivity contribution in [1.82, 2.24) is 20.2 Å². The first kappa shape index (κ1) is 20.0. The van der Waals surface area contributed by atoms with Gasteiger partial charge in [-0.2, -0.15) is 5.10 Å². The molecule has 2 aromatic heterocycles. The summed E-state index contributed by atoms with van der Waals surface area (Å²) in [6.45, 7) is 6.70. The second kappa shape index (κ2) is 7.94. The van der Waals surface area contributed by atoms with Crippen LogP contribution in [0.2, 0.25) is 0 Å². The molecular weight excluding hydrogens is 352 g/mol. The minimum atomic E-state index is -0.866. The van der Waals surface area contributed by atoms with E-state index in [9.17, 15) is 14.4 Å². The van der Waals surface area contributed by atoms with Gasteiger partial charge in [-0.15, -0.1) is 0 Å². The lowest BCUT2D eigenvalue weighted by Crippen LogP contribution is -2.46. The molecule has 0 saturated carbocycles. The van der Waals surface area contributed by atoms with E-state index in [0.29, 0.717) is 5.82 Å². The van der Waals surface area contributed by atoms with Gasteiger partial charge in [0.1, 0.15) is 17.3 Å². The van der Waals surface area contributed by atoms with Gasteiger partial charge in [0.25, 0.3) is 11.8 Å². The zero-order valence-corrected chi connectivity index (χ0v) is 15.9. The van der Waals surface area contributed by atoms with Crippen LogP contribution in [0.25, 0.3) is 0 Å². The molecule has 0 aliphatic heterocycles. The van der Waals surface area contributed by atoms with Crippen molar-refractivity contribution in [1.29, 1.82) is 0 Å². The molecule has 2 heterocycles. The van der Waals surface area contributed by atoms with Crippen molar-refractivity contribution >= 4 is 23.7 Å². The number of H-pyrrole nitrogens is 1. The number of alkyl carbamates (subject to hydrolysis) is 1. The molecule has 0 aliphatic carbocycles.